The zero-order valence-corrected chi connectivity index (χ0v) is 22.4. The average molecular weight is 546 g/mol. The van der Waals surface area contributed by atoms with Crippen LogP contribution in [0.4, 0.5) is 26.1 Å². The maximum Gasteiger partial charge on any atom is 0.227 e. The number of aromatic nitrogens is 2. The van der Waals surface area contributed by atoms with Crippen LogP contribution in [0, 0.1) is 11.6 Å². The van der Waals surface area contributed by atoms with E-state index in [0.717, 1.165) is 43.6 Å². The standard InChI is InChI=1S/C27H33F2N5O5/c1-17(35)15-33-7-9-34(10-8-33)21-6-5-18(11-22(21)36-2)32-27-30-13-19(14-31-27)39-16-20-25(28)23(37-3)12-24(38-4)26(20)29/h5-6,11-14,17,35H,7-10,15-16H2,1-4H3,(H,30,31,32). The highest BCUT2D eigenvalue weighted by atomic mass is 19.1. The highest BCUT2D eigenvalue weighted by Gasteiger charge is 2.22. The Morgan fingerprint density at radius 3 is 2.10 bits per heavy atom. The van der Waals surface area contributed by atoms with Gasteiger partial charge in [0.1, 0.15) is 12.4 Å². The van der Waals surface area contributed by atoms with Crippen LogP contribution in [0.1, 0.15) is 12.5 Å². The predicted octanol–water partition coefficient (Wildman–Crippen LogP) is 3.61. The van der Waals surface area contributed by atoms with Crippen molar-refractivity contribution in [1.29, 1.82) is 0 Å². The van der Waals surface area contributed by atoms with Gasteiger partial charge >= 0.3 is 0 Å². The van der Waals surface area contributed by atoms with Gasteiger partial charge in [-0.1, -0.05) is 0 Å². The van der Waals surface area contributed by atoms with E-state index in [9.17, 15) is 13.9 Å². The van der Waals surface area contributed by atoms with Gasteiger partial charge < -0.3 is 34.3 Å². The third kappa shape index (κ3) is 6.76. The number of anilines is 3. The Labute approximate surface area is 226 Å². The minimum Gasteiger partial charge on any atom is -0.495 e. The van der Waals surface area contributed by atoms with Crippen LogP contribution in [0.5, 0.6) is 23.0 Å². The maximum absolute atomic E-state index is 14.6. The first-order chi connectivity index (χ1) is 18.8. The Balaban J connectivity index is 1.38. The Morgan fingerprint density at radius 1 is 0.923 bits per heavy atom. The van der Waals surface area contributed by atoms with E-state index in [0.29, 0.717) is 18.2 Å². The summed E-state index contributed by atoms with van der Waals surface area (Å²) in [6.07, 6.45) is 2.46. The molecule has 0 amide bonds. The summed E-state index contributed by atoms with van der Waals surface area (Å²) >= 11 is 0. The number of piperazine rings is 1. The van der Waals surface area contributed by atoms with Gasteiger partial charge in [0.25, 0.3) is 0 Å². The number of rotatable bonds is 11. The van der Waals surface area contributed by atoms with Crippen molar-refractivity contribution in [1.82, 2.24) is 14.9 Å². The van der Waals surface area contributed by atoms with E-state index in [1.807, 2.05) is 18.2 Å². The quantitative estimate of drug-likeness (QED) is 0.372. The molecule has 1 saturated heterocycles. The van der Waals surface area contributed by atoms with Gasteiger partial charge in [0.15, 0.2) is 28.9 Å². The molecule has 2 N–H and O–H groups in total. The van der Waals surface area contributed by atoms with Gasteiger partial charge in [-0.3, -0.25) is 4.90 Å². The molecule has 1 aliphatic heterocycles. The molecule has 0 aliphatic carbocycles. The smallest absolute Gasteiger partial charge is 0.227 e. The number of methoxy groups -OCH3 is 3. The fourth-order valence-electron chi connectivity index (χ4n) is 4.36. The first-order valence-corrected chi connectivity index (χ1v) is 12.5. The first-order valence-electron chi connectivity index (χ1n) is 12.5. The number of β-amino-alcohol motifs (C(OH)–C–C–N with tert-alkyl or cyclic N) is 1. The van der Waals surface area contributed by atoms with Crippen molar-refractivity contribution in [3.63, 3.8) is 0 Å². The minimum atomic E-state index is -0.867. The molecule has 1 atom stereocenters. The zero-order valence-electron chi connectivity index (χ0n) is 22.4. The first kappa shape index (κ1) is 28.1. The molecule has 0 spiro atoms. The Hall–Kier alpha value is -3.90. The molecule has 1 unspecified atom stereocenters. The van der Waals surface area contributed by atoms with E-state index in [-0.39, 0.29) is 28.9 Å². The molecular weight excluding hydrogens is 512 g/mol. The lowest BCUT2D eigenvalue weighted by Gasteiger charge is -2.37. The number of hydrogen-bond donors (Lipinski definition) is 2. The van der Waals surface area contributed by atoms with Gasteiger partial charge in [-0.15, -0.1) is 0 Å². The van der Waals surface area contributed by atoms with Crippen molar-refractivity contribution < 1.29 is 32.8 Å². The number of ether oxygens (including phenoxy) is 4. The van der Waals surface area contributed by atoms with Crippen molar-refractivity contribution in [2.45, 2.75) is 19.6 Å². The number of aliphatic hydroxyl groups is 1. The highest BCUT2D eigenvalue weighted by Crippen LogP contribution is 2.34. The van der Waals surface area contributed by atoms with E-state index in [4.69, 9.17) is 18.9 Å². The number of nitrogens with one attached hydrogen (secondary N) is 1. The number of halogens is 2. The van der Waals surface area contributed by atoms with Crippen LogP contribution < -0.4 is 29.2 Å². The molecule has 0 radical (unpaired) electrons. The van der Waals surface area contributed by atoms with Gasteiger partial charge in [-0.2, -0.15) is 0 Å². The molecule has 12 heteroatoms. The summed E-state index contributed by atoms with van der Waals surface area (Å²) in [6, 6.07) is 6.90. The van der Waals surface area contributed by atoms with Crippen molar-refractivity contribution >= 4 is 17.3 Å². The van der Waals surface area contributed by atoms with Crippen LogP contribution in [0.3, 0.4) is 0 Å². The van der Waals surface area contributed by atoms with Crippen molar-refractivity contribution in [2.24, 2.45) is 0 Å². The van der Waals surface area contributed by atoms with Crippen LogP contribution >= 0.6 is 0 Å². The number of benzene rings is 2. The summed E-state index contributed by atoms with van der Waals surface area (Å²) in [5.74, 6) is -0.789. The maximum atomic E-state index is 14.6. The van der Waals surface area contributed by atoms with Gasteiger partial charge in [0.2, 0.25) is 5.95 Å². The summed E-state index contributed by atoms with van der Waals surface area (Å²) in [5, 5.41) is 12.8. The van der Waals surface area contributed by atoms with Gasteiger partial charge in [-0.05, 0) is 19.1 Å². The highest BCUT2D eigenvalue weighted by molar-refractivity contribution is 5.67. The zero-order chi connectivity index (χ0) is 27.9. The molecule has 0 bridgehead atoms. The molecule has 1 fully saturated rings. The second kappa shape index (κ2) is 12.8. The topological polar surface area (TPSA) is 101 Å². The summed E-state index contributed by atoms with van der Waals surface area (Å²) in [4.78, 5) is 13.0. The fourth-order valence-corrected chi connectivity index (χ4v) is 4.36. The predicted molar refractivity (Wildman–Crippen MR) is 142 cm³/mol. The molecule has 2 aromatic carbocycles. The van der Waals surface area contributed by atoms with Crippen LogP contribution in [0.15, 0.2) is 36.7 Å². The number of hydrogen-bond acceptors (Lipinski definition) is 10. The van der Waals surface area contributed by atoms with Crippen molar-refractivity contribution in [2.75, 3.05) is 64.3 Å². The van der Waals surface area contributed by atoms with Gasteiger partial charge in [0, 0.05) is 50.5 Å². The molecule has 10 nitrogen and oxygen atoms in total. The second-order valence-corrected chi connectivity index (χ2v) is 9.07. The van der Waals surface area contributed by atoms with Crippen LogP contribution in [0.2, 0.25) is 0 Å². The number of nitrogens with zero attached hydrogens (tertiary/aromatic N) is 4. The van der Waals surface area contributed by atoms with E-state index in [2.05, 4.69) is 25.1 Å². The Kier molecular flexibility index (Phi) is 9.20. The number of aliphatic hydroxyl groups excluding tert-OH is 1. The summed E-state index contributed by atoms with van der Waals surface area (Å²) < 4.78 is 50.2. The average Bonchev–Trinajstić information content (AvgIpc) is 2.94. The molecule has 1 aromatic heterocycles. The lowest BCUT2D eigenvalue weighted by atomic mass is 10.1. The molecule has 4 rings (SSSR count). The van der Waals surface area contributed by atoms with Crippen LogP contribution in [-0.4, -0.2) is 80.1 Å². The van der Waals surface area contributed by atoms with Gasteiger partial charge in [-0.25, -0.2) is 18.7 Å². The Bertz CT molecular complexity index is 1230. The third-order valence-corrected chi connectivity index (χ3v) is 6.35. The largest absolute Gasteiger partial charge is 0.495 e. The minimum absolute atomic E-state index is 0.150. The molecular formula is C27H33F2N5O5. The third-order valence-electron chi connectivity index (χ3n) is 6.35. The van der Waals surface area contributed by atoms with Crippen molar-refractivity contribution in [3.05, 3.63) is 53.9 Å². The molecule has 1 aliphatic rings. The molecule has 39 heavy (non-hydrogen) atoms. The SMILES string of the molecule is COc1cc(Nc2ncc(OCc3c(F)c(OC)cc(OC)c3F)cn2)ccc1N1CCN(CC(C)O)CC1. The van der Waals surface area contributed by atoms with E-state index < -0.39 is 18.2 Å². The van der Waals surface area contributed by atoms with Crippen LogP contribution in [0.25, 0.3) is 0 Å². The lowest BCUT2D eigenvalue weighted by molar-refractivity contribution is 0.122. The van der Waals surface area contributed by atoms with Crippen LogP contribution in [-0.2, 0) is 6.61 Å². The molecule has 2 heterocycles. The summed E-state index contributed by atoms with van der Waals surface area (Å²) in [7, 11) is 4.19. The molecule has 210 valence electrons. The normalized spacial score (nSPS) is 14.6. The van der Waals surface area contributed by atoms with E-state index in [1.54, 1.807) is 14.0 Å². The van der Waals surface area contributed by atoms with Gasteiger partial charge in [0.05, 0.1) is 51.1 Å². The summed E-state index contributed by atoms with van der Waals surface area (Å²) in [5.41, 5.74) is 1.38. The van der Waals surface area contributed by atoms with Crippen molar-refractivity contribution in [3.8, 4) is 23.0 Å². The van der Waals surface area contributed by atoms with E-state index >= 15 is 0 Å². The van der Waals surface area contributed by atoms with E-state index in [1.165, 1.54) is 26.6 Å². The summed E-state index contributed by atoms with van der Waals surface area (Å²) in [6.45, 7) is 5.44. The molecule has 0 saturated carbocycles. The fraction of sp³-hybridized carbons (Fsp3) is 0.407. The lowest BCUT2D eigenvalue weighted by Crippen LogP contribution is -2.48. The molecule has 3 aromatic rings. The second-order valence-electron chi connectivity index (χ2n) is 9.07. The Morgan fingerprint density at radius 2 is 1.54 bits per heavy atom. The monoisotopic (exact) mass is 545 g/mol.